The van der Waals surface area contributed by atoms with E-state index in [1.807, 2.05) is 24.3 Å². The normalized spacial score (nSPS) is 11.2. The van der Waals surface area contributed by atoms with Gasteiger partial charge in [0.15, 0.2) is 5.65 Å². The molecule has 0 unspecified atom stereocenters. The molecule has 0 spiro atoms. The predicted molar refractivity (Wildman–Crippen MR) is 64.4 cm³/mol. The third-order valence-corrected chi connectivity index (χ3v) is 2.98. The summed E-state index contributed by atoms with van der Waals surface area (Å²) in [7, 11) is 1.63. The molecular formula is C11H9ClN4O. The van der Waals surface area contributed by atoms with Gasteiger partial charge in [-0.15, -0.1) is 16.7 Å². The molecule has 6 heteroatoms. The number of aromatic nitrogens is 4. The average molecular weight is 249 g/mol. The molecule has 0 atom stereocenters. The highest BCUT2D eigenvalue weighted by Crippen LogP contribution is 2.24. The van der Waals surface area contributed by atoms with Crippen LogP contribution in [-0.4, -0.2) is 27.2 Å². The Bertz CT molecular complexity index is 694. The van der Waals surface area contributed by atoms with Gasteiger partial charge in [0, 0.05) is 17.0 Å². The lowest BCUT2D eigenvalue weighted by Crippen LogP contribution is -1.95. The van der Waals surface area contributed by atoms with Crippen molar-refractivity contribution in [3.63, 3.8) is 0 Å². The molecule has 0 aliphatic carbocycles. The number of pyridine rings is 1. The molecule has 0 bridgehead atoms. The maximum absolute atomic E-state index is 5.89. The maximum Gasteiger partial charge on any atom is 0.184 e. The van der Waals surface area contributed by atoms with Gasteiger partial charge in [0.25, 0.3) is 0 Å². The molecule has 3 rings (SSSR count). The molecule has 0 saturated heterocycles. The van der Waals surface area contributed by atoms with E-state index in [2.05, 4.69) is 15.5 Å². The number of benzene rings is 1. The van der Waals surface area contributed by atoms with E-state index in [-0.39, 0.29) is 0 Å². The van der Waals surface area contributed by atoms with E-state index in [0.717, 1.165) is 22.2 Å². The summed E-state index contributed by atoms with van der Waals surface area (Å²) in [6.07, 6.45) is 0. The first kappa shape index (κ1) is 10.3. The van der Waals surface area contributed by atoms with Gasteiger partial charge in [-0.25, -0.2) is 0 Å². The smallest absolute Gasteiger partial charge is 0.184 e. The SMILES string of the molecule is COc1ccc2cc(CCl)c3nnnn3c2c1. The van der Waals surface area contributed by atoms with Gasteiger partial charge >= 0.3 is 0 Å². The third-order valence-electron chi connectivity index (χ3n) is 2.70. The van der Waals surface area contributed by atoms with Gasteiger partial charge in [-0.1, -0.05) is 0 Å². The zero-order valence-corrected chi connectivity index (χ0v) is 9.85. The summed E-state index contributed by atoms with van der Waals surface area (Å²) in [6, 6.07) is 7.76. The van der Waals surface area contributed by atoms with Gasteiger partial charge < -0.3 is 4.74 Å². The van der Waals surface area contributed by atoms with E-state index in [1.165, 1.54) is 0 Å². The summed E-state index contributed by atoms with van der Waals surface area (Å²) in [5.74, 6) is 1.15. The molecule has 17 heavy (non-hydrogen) atoms. The highest BCUT2D eigenvalue weighted by atomic mass is 35.5. The first-order chi connectivity index (χ1) is 8.33. The second kappa shape index (κ2) is 3.85. The number of hydrogen-bond acceptors (Lipinski definition) is 4. The molecule has 0 saturated carbocycles. The monoisotopic (exact) mass is 248 g/mol. The van der Waals surface area contributed by atoms with Crippen LogP contribution in [0.3, 0.4) is 0 Å². The molecule has 0 N–H and O–H groups in total. The highest BCUT2D eigenvalue weighted by molar-refractivity contribution is 6.17. The van der Waals surface area contributed by atoms with Crippen LogP contribution in [0.2, 0.25) is 0 Å². The average Bonchev–Trinajstić information content (AvgIpc) is 2.86. The summed E-state index contributed by atoms with van der Waals surface area (Å²) in [6.45, 7) is 0. The van der Waals surface area contributed by atoms with Crippen molar-refractivity contribution in [1.82, 2.24) is 20.0 Å². The molecule has 0 fully saturated rings. The van der Waals surface area contributed by atoms with Crippen molar-refractivity contribution in [2.45, 2.75) is 5.88 Å². The molecule has 2 heterocycles. The van der Waals surface area contributed by atoms with Crippen LogP contribution < -0.4 is 4.74 Å². The number of rotatable bonds is 2. The number of nitrogens with zero attached hydrogens (tertiary/aromatic N) is 4. The van der Waals surface area contributed by atoms with Gasteiger partial charge in [-0.2, -0.15) is 4.52 Å². The van der Waals surface area contributed by atoms with Crippen LogP contribution in [0.25, 0.3) is 16.6 Å². The van der Waals surface area contributed by atoms with Crippen LogP contribution >= 0.6 is 11.6 Å². The Morgan fingerprint density at radius 1 is 1.35 bits per heavy atom. The molecule has 86 valence electrons. The zero-order chi connectivity index (χ0) is 11.8. The Kier molecular flexibility index (Phi) is 2.33. The van der Waals surface area contributed by atoms with Crippen molar-refractivity contribution in [1.29, 1.82) is 0 Å². The van der Waals surface area contributed by atoms with Crippen molar-refractivity contribution >= 4 is 28.2 Å². The fraction of sp³-hybridized carbons (Fsp3) is 0.182. The summed E-state index contributed by atoms with van der Waals surface area (Å²) in [4.78, 5) is 0. The Morgan fingerprint density at radius 3 is 3.00 bits per heavy atom. The van der Waals surface area contributed by atoms with E-state index >= 15 is 0 Å². The first-order valence-corrected chi connectivity index (χ1v) is 5.60. The van der Waals surface area contributed by atoms with E-state index < -0.39 is 0 Å². The maximum atomic E-state index is 5.89. The lowest BCUT2D eigenvalue weighted by atomic mass is 10.1. The zero-order valence-electron chi connectivity index (χ0n) is 9.09. The van der Waals surface area contributed by atoms with Gasteiger partial charge in [-0.3, -0.25) is 0 Å². The van der Waals surface area contributed by atoms with Crippen LogP contribution in [0.15, 0.2) is 24.3 Å². The van der Waals surface area contributed by atoms with Crippen LogP contribution in [-0.2, 0) is 5.88 Å². The molecule has 0 aliphatic heterocycles. The topological polar surface area (TPSA) is 52.3 Å². The van der Waals surface area contributed by atoms with E-state index in [4.69, 9.17) is 16.3 Å². The van der Waals surface area contributed by atoms with Gasteiger partial charge in [0.05, 0.1) is 18.5 Å². The molecule has 5 nitrogen and oxygen atoms in total. The summed E-state index contributed by atoms with van der Waals surface area (Å²) in [5.41, 5.74) is 2.49. The largest absolute Gasteiger partial charge is 0.497 e. The number of methoxy groups -OCH3 is 1. The Labute approximate surface area is 102 Å². The fourth-order valence-electron chi connectivity index (χ4n) is 1.86. The number of fused-ring (bicyclic) bond motifs is 3. The van der Waals surface area contributed by atoms with Crippen molar-refractivity contribution in [2.75, 3.05) is 7.11 Å². The predicted octanol–water partition coefficient (Wildman–Crippen LogP) is 2.02. The Balaban J connectivity index is 2.45. The summed E-state index contributed by atoms with van der Waals surface area (Å²) < 4.78 is 6.87. The fourth-order valence-corrected chi connectivity index (χ4v) is 2.05. The molecule has 0 radical (unpaired) electrons. The minimum atomic E-state index is 0.381. The van der Waals surface area contributed by atoms with E-state index in [9.17, 15) is 0 Å². The number of tetrazole rings is 1. The third kappa shape index (κ3) is 1.51. The van der Waals surface area contributed by atoms with Gasteiger partial charge in [0.2, 0.25) is 0 Å². The minimum absolute atomic E-state index is 0.381. The standard InChI is InChI=1S/C11H9ClN4O/c1-17-9-3-2-7-4-8(6-12)11-13-14-15-16(11)10(7)5-9/h2-5H,6H2,1H3. The lowest BCUT2D eigenvalue weighted by molar-refractivity contribution is 0.415. The number of ether oxygens (including phenoxy) is 1. The second-order valence-corrected chi connectivity index (χ2v) is 3.91. The van der Waals surface area contributed by atoms with Crippen molar-refractivity contribution in [3.8, 4) is 5.75 Å². The van der Waals surface area contributed by atoms with Crippen LogP contribution in [0.5, 0.6) is 5.75 Å². The molecule has 0 aliphatic rings. The van der Waals surface area contributed by atoms with Crippen molar-refractivity contribution < 1.29 is 4.74 Å². The van der Waals surface area contributed by atoms with Crippen molar-refractivity contribution in [3.05, 3.63) is 29.8 Å². The van der Waals surface area contributed by atoms with Gasteiger partial charge in [0.1, 0.15) is 5.75 Å². The Morgan fingerprint density at radius 2 is 2.24 bits per heavy atom. The minimum Gasteiger partial charge on any atom is -0.497 e. The van der Waals surface area contributed by atoms with Crippen molar-refractivity contribution in [2.24, 2.45) is 0 Å². The van der Waals surface area contributed by atoms with Crippen LogP contribution in [0.1, 0.15) is 5.56 Å². The lowest BCUT2D eigenvalue weighted by Gasteiger charge is -2.05. The summed E-state index contributed by atoms with van der Waals surface area (Å²) in [5, 5.41) is 12.7. The number of alkyl halides is 1. The number of hydrogen-bond donors (Lipinski definition) is 0. The second-order valence-electron chi connectivity index (χ2n) is 3.64. The first-order valence-electron chi connectivity index (χ1n) is 5.07. The number of halogens is 1. The van der Waals surface area contributed by atoms with Gasteiger partial charge in [-0.05, 0) is 28.6 Å². The molecule has 0 amide bonds. The van der Waals surface area contributed by atoms with E-state index in [0.29, 0.717) is 11.5 Å². The van der Waals surface area contributed by atoms with E-state index in [1.54, 1.807) is 11.6 Å². The summed E-state index contributed by atoms with van der Waals surface area (Å²) >= 11 is 5.89. The molecule has 3 aromatic rings. The molecule has 2 aromatic heterocycles. The Hall–Kier alpha value is -1.88. The van der Waals surface area contributed by atoms with Crippen LogP contribution in [0.4, 0.5) is 0 Å². The molecule has 1 aromatic carbocycles. The highest BCUT2D eigenvalue weighted by Gasteiger charge is 2.09. The quantitative estimate of drug-likeness (QED) is 0.651. The molecular weight excluding hydrogens is 240 g/mol. The van der Waals surface area contributed by atoms with Crippen LogP contribution in [0, 0.1) is 0 Å².